The Morgan fingerprint density at radius 1 is 1.16 bits per heavy atom. The van der Waals surface area contributed by atoms with E-state index in [1.807, 2.05) is 12.1 Å². The Balaban J connectivity index is 1.41. The van der Waals surface area contributed by atoms with Crippen molar-refractivity contribution in [1.29, 1.82) is 5.41 Å². The summed E-state index contributed by atoms with van der Waals surface area (Å²) in [5.74, 6) is 1.50. The SMILES string of the molecule is N=Cc1cc(Nc2ncnc3sc4c(c23)CCCC4)c(OCCCN2CCCC2)cc1N. The third-order valence-electron chi connectivity index (χ3n) is 6.42. The van der Waals surface area contributed by atoms with Crippen LogP contribution in [-0.2, 0) is 12.8 Å². The van der Waals surface area contributed by atoms with E-state index in [1.54, 1.807) is 17.7 Å². The van der Waals surface area contributed by atoms with E-state index in [4.69, 9.17) is 15.9 Å². The summed E-state index contributed by atoms with van der Waals surface area (Å²) in [5, 5.41) is 12.3. The first-order valence-corrected chi connectivity index (χ1v) is 12.4. The maximum Gasteiger partial charge on any atom is 0.144 e. The third-order valence-corrected chi connectivity index (χ3v) is 7.62. The zero-order chi connectivity index (χ0) is 21.9. The molecule has 0 spiro atoms. The second kappa shape index (κ2) is 9.42. The van der Waals surface area contributed by atoms with Crippen LogP contribution in [0.5, 0.6) is 5.75 Å². The number of aromatic nitrogens is 2. The van der Waals surface area contributed by atoms with Crippen LogP contribution in [0.2, 0.25) is 0 Å². The molecule has 0 bridgehead atoms. The number of nitrogens with zero attached hydrogens (tertiary/aromatic N) is 3. The topological polar surface area (TPSA) is 100 Å². The predicted molar refractivity (Wildman–Crippen MR) is 132 cm³/mol. The van der Waals surface area contributed by atoms with Crippen LogP contribution in [0, 0.1) is 5.41 Å². The number of ether oxygens (including phenoxy) is 1. The van der Waals surface area contributed by atoms with Crippen molar-refractivity contribution in [2.45, 2.75) is 44.9 Å². The van der Waals surface area contributed by atoms with Crippen molar-refractivity contribution in [2.75, 3.05) is 37.3 Å². The van der Waals surface area contributed by atoms with Crippen LogP contribution in [0.3, 0.4) is 0 Å². The second-order valence-electron chi connectivity index (χ2n) is 8.61. The van der Waals surface area contributed by atoms with Crippen molar-refractivity contribution >= 4 is 45.0 Å². The fraction of sp³-hybridized carbons (Fsp3) is 0.458. The predicted octanol–water partition coefficient (Wildman–Crippen LogP) is 4.76. The number of thiophene rings is 1. The first kappa shape index (κ1) is 21.2. The molecule has 1 saturated heterocycles. The largest absolute Gasteiger partial charge is 0.491 e. The van der Waals surface area contributed by atoms with Gasteiger partial charge in [-0.25, -0.2) is 9.97 Å². The van der Waals surface area contributed by atoms with Gasteiger partial charge in [0.25, 0.3) is 0 Å². The molecule has 0 unspecified atom stereocenters. The second-order valence-corrected chi connectivity index (χ2v) is 9.69. The van der Waals surface area contributed by atoms with Gasteiger partial charge in [0.1, 0.15) is 22.7 Å². The molecule has 0 atom stereocenters. The van der Waals surface area contributed by atoms with Gasteiger partial charge >= 0.3 is 0 Å². The third kappa shape index (κ3) is 4.29. The molecule has 4 N–H and O–H groups in total. The summed E-state index contributed by atoms with van der Waals surface area (Å²) in [6.45, 7) is 4.08. The lowest BCUT2D eigenvalue weighted by Crippen LogP contribution is -2.22. The quantitative estimate of drug-likeness (QED) is 0.260. The van der Waals surface area contributed by atoms with Crippen molar-refractivity contribution in [2.24, 2.45) is 0 Å². The van der Waals surface area contributed by atoms with E-state index < -0.39 is 0 Å². The number of benzene rings is 1. The Morgan fingerprint density at radius 2 is 2.00 bits per heavy atom. The molecule has 0 amide bonds. The van der Waals surface area contributed by atoms with Gasteiger partial charge in [-0.15, -0.1) is 11.3 Å². The number of hydrogen-bond donors (Lipinski definition) is 3. The van der Waals surface area contributed by atoms with Crippen LogP contribution in [0.1, 0.15) is 48.1 Å². The highest BCUT2D eigenvalue weighted by atomic mass is 32.1. The maximum atomic E-state index is 7.72. The molecule has 1 aliphatic carbocycles. The Labute approximate surface area is 192 Å². The number of fused-ring (bicyclic) bond motifs is 3. The number of nitrogens with one attached hydrogen (secondary N) is 2. The molecule has 5 rings (SSSR count). The average Bonchev–Trinajstić information content (AvgIpc) is 3.46. The lowest BCUT2D eigenvalue weighted by atomic mass is 9.97. The van der Waals surface area contributed by atoms with E-state index in [0.29, 0.717) is 23.6 Å². The number of nitrogens with two attached hydrogens (primary N) is 1. The summed E-state index contributed by atoms with van der Waals surface area (Å²) in [5.41, 5.74) is 9.55. The first-order chi connectivity index (χ1) is 15.7. The van der Waals surface area contributed by atoms with Gasteiger partial charge < -0.3 is 26.1 Å². The van der Waals surface area contributed by atoms with Crippen molar-refractivity contribution in [1.82, 2.24) is 14.9 Å². The Kier molecular flexibility index (Phi) is 6.23. The standard InChI is InChI=1S/C24H30N6OS/c25-14-16-12-19(20(13-18(16)26)31-11-5-10-30-8-3-4-9-30)29-23-22-17-6-1-2-7-21(17)32-24(22)28-15-27-23/h12-15,25H,1-11,26H2,(H,27,28,29). The van der Waals surface area contributed by atoms with E-state index in [1.165, 1.54) is 55.4 Å². The summed E-state index contributed by atoms with van der Waals surface area (Å²) in [7, 11) is 0. The molecule has 8 heteroatoms. The molecular formula is C24H30N6OS. The van der Waals surface area contributed by atoms with Gasteiger partial charge in [-0.2, -0.15) is 0 Å². The van der Waals surface area contributed by atoms with Crippen LogP contribution >= 0.6 is 11.3 Å². The molecule has 1 aliphatic heterocycles. The van der Waals surface area contributed by atoms with Crippen molar-refractivity contribution in [3.63, 3.8) is 0 Å². The minimum Gasteiger partial charge on any atom is -0.491 e. The molecule has 3 aromatic rings. The fourth-order valence-electron chi connectivity index (χ4n) is 4.74. The van der Waals surface area contributed by atoms with Crippen LogP contribution < -0.4 is 15.8 Å². The van der Waals surface area contributed by atoms with E-state index in [2.05, 4.69) is 20.2 Å². The number of nitrogen functional groups attached to an aromatic ring is 1. The first-order valence-electron chi connectivity index (χ1n) is 11.5. The lowest BCUT2D eigenvalue weighted by Gasteiger charge is -2.18. The van der Waals surface area contributed by atoms with Crippen LogP contribution in [0.25, 0.3) is 10.2 Å². The van der Waals surface area contributed by atoms with Gasteiger partial charge in [-0.1, -0.05) is 0 Å². The summed E-state index contributed by atoms with van der Waals surface area (Å²) in [6.07, 6.45) is 11.1. The molecule has 0 saturated carbocycles. The number of hydrogen-bond acceptors (Lipinski definition) is 8. The summed E-state index contributed by atoms with van der Waals surface area (Å²) < 4.78 is 6.17. The van der Waals surface area contributed by atoms with Gasteiger partial charge in [0.15, 0.2) is 0 Å². The zero-order valence-corrected chi connectivity index (χ0v) is 19.1. The molecule has 2 aromatic heterocycles. The summed E-state index contributed by atoms with van der Waals surface area (Å²) >= 11 is 1.78. The van der Waals surface area contributed by atoms with Crippen LogP contribution in [0.15, 0.2) is 18.5 Å². The van der Waals surface area contributed by atoms with Gasteiger partial charge in [0.2, 0.25) is 0 Å². The molecule has 168 valence electrons. The average molecular weight is 451 g/mol. The van der Waals surface area contributed by atoms with Crippen LogP contribution in [0.4, 0.5) is 17.2 Å². The van der Waals surface area contributed by atoms with Crippen molar-refractivity contribution in [3.05, 3.63) is 34.5 Å². The smallest absolute Gasteiger partial charge is 0.144 e. The van der Waals surface area contributed by atoms with E-state index in [0.717, 1.165) is 47.5 Å². The highest BCUT2D eigenvalue weighted by Crippen LogP contribution is 2.40. The van der Waals surface area contributed by atoms with Gasteiger partial charge in [0.05, 0.1) is 17.7 Å². The Morgan fingerprint density at radius 3 is 2.84 bits per heavy atom. The van der Waals surface area contributed by atoms with E-state index in [-0.39, 0.29) is 0 Å². The number of anilines is 3. The minimum absolute atomic E-state index is 0.542. The molecule has 2 aliphatic rings. The van der Waals surface area contributed by atoms with E-state index >= 15 is 0 Å². The van der Waals surface area contributed by atoms with Crippen molar-refractivity contribution in [3.8, 4) is 5.75 Å². The molecule has 1 fully saturated rings. The monoisotopic (exact) mass is 450 g/mol. The molecule has 32 heavy (non-hydrogen) atoms. The summed E-state index contributed by atoms with van der Waals surface area (Å²) in [6, 6.07) is 3.70. The van der Waals surface area contributed by atoms with Gasteiger partial charge in [0, 0.05) is 35.0 Å². The fourth-order valence-corrected chi connectivity index (χ4v) is 5.97. The minimum atomic E-state index is 0.542. The van der Waals surface area contributed by atoms with Crippen molar-refractivity contribution < 1.29 is 4.74 Å². The van der Waals surface area contributed by atoms with Crippen LogP contribution in [-0.4, -0.2) is 47.3 Å². The summed E-state index contributed by atoms with van der Waals surface area (Å²) in [4.78, 5) is 14.1. The normalized spacial score (nSPS) is 16.2. The molecular weight excluding hydrogens is 420 g/mol. The van der Waals surface area contributed by atoms with Gasteiger partial charge in [-0.3, -0.25) is 0 Å². The zero-order valence-electron chi connectivity index (χ0n) is 18.3. The molecule has 7 nitrogen and oxygen atoms in total. The van der Waals surface area contributed by atoms with E-state index in [9.17, 15) is 0 Å². The highest BCUT2D eigenvalue weighted by Gasteiger charge is 2.21. The van der Waals surface area contributed by atoms with Gasteiger partial charge in [-0.05, 0) is 69.7 Å². The number of likely N-dealkylation sites (tertiary alicyclic amines) is 1. The Hall–Kier alpha value is -2.71. The molecule has 3 heterocycles. The maximum absolute atomic E-state index is 7.72. The number of aryl methyl sites for hydroxylation is 2. The molecule has 0 radical (unpaired) electrons. The number of rotatable bonds is 8. The Bertz CT molecular complexity index is 1120. The molecule has 1 aromatic carbocycles. The highest BCUT2D eigenvalue weighted by molar-refractivity contribution is 7.19. The lowest BCUT2D eigenvalue weighted by molar-refractivity contribution is 0.264.